The molecule has 1 heterocycles. The fourth-order valence-corrected chi connectivity index (χ4v) is 1.01. The summed E-state index contributed by atoms with van der Waals surface area (Å²) >= 11 is 0. The molecule has 1 aromatic heterocycles. The van der Waals surface area contributed by atoms with E-state index in [9.17, 15) is 4.79 Å². The molecule has 0 aliphatic carbocycles. The van der Waals surface area contributed by atoms with E-state index in [-0.39, 0.29) is 5.69 Å². The van der Waals surface area contributed by atoms with E-state index in [1.54, 1.807) is 0 Å². The molecule has 1 aromatic rings. The topological polar surface area (TPSA) is 75.9 Å². The normalized spacial score (nSPS) is 9.19. The van der Waals surface area contributed by atoms with Crippen molar-refractivity contribution in [2.75, 3.05) is 6.61 Å². The molecule has 82 valence electrons. The van der Waals surface area contributed by atoms with Gasteiger partial charge in [0.05, 0.1) is 6.61 Å². The van der Waals surface area contributed by atoms with Crippen molar-refractivity contribution in [1.82, 2.24) is 9.97 Å². The van der Waals surface area contributed by atoms with Crippen LogP contribution in [0.25, 0.3) is 0 Å². The fourth-order valence-electron chi connectivity index (χ4n) is 1.01. The maximum absolute atomic E-state index is 10.3. The van der Waals surface area contributed by atoms with Crippen LogP contribution >= 0.6 is 0 Å². The van der Waals surface area contributed by atoms with Crippen molar-refractivity contribution >= 4 is 6.29 Å². The molecule has 0 saturated carbocycles. The molecule has 0 radical (unpaired) electrons. The van der Waals surface area contributed by atoms with Crippen molar-refractivity contribution in [3.05, 3.63) is 30.2 Å². The van der Waals surface area contributed by atoms with Gasteiger partial charge in [-0.15, -0.1) is 0 Å². The zero-order valence-corrected chi connectivity index (χ0v) is 8.72. The number of carbonyl (C=O) groups excluding carboxylic acids is 1. The Balaban J connectivity index is 2.35. The van der Waals surface area contributed by atoms with Gasteiger partial charge in [-0.2, -0.15) is 5.26 Å². The highest BCUT2D eigenvalue weighted by Gasteiger charge is 1.99. The fraction of sp³-hybridized carbons (Fsp3) is 0.273. The summed E-state index contributed by atoms with van der Waals surface area (Å²) in [7, 11) is 0. The van der Waals surface area contributed by atoms with Gasteiger partial charge in [0.1, 0.15) is 24.4 Å². The Morgan fingerprint density at radius 1 is 1.62 bits per heavy atom. The molecule has 0 fully saturated rings. The van der Waals surface area contributed by atoms with E-state index in [1.165, 1.54) is 12.4 Å². The SMILES string of the molecule is C=C(C=O)CCCOc1cc(C#N)ncn1. The smallest absolute Gasteiger partial charge is 0.217 e. The zero-order valence-electron chi connectivity index (χ0n) is 8.72. The maximum atomic E-state index is 10.3. The van der Waals surface area contributed by atoms with Crippen molar-refractivity contribution in [3.8, 4) is 11.9 Å². The van der Waals surface area contributed by atoms with Gasteiger partial charge in [-0.1, -0.05) is 6.58 Å². The van der Waals surface area contributed by atoms with Gasteiger partial charge in [0.2, 0.25) is 5.88 Å². The van der Waals surface area contributed by atoms with E-state index >= 15 is 0 Å². The zero-order chi connectivity index (χ0) is 11.8. The largest absolute Gasteiger partial charge is 0.478 e. The Kier molecular flexibility index (Phi) is 4.67. The molecule has 5 nitrogen and oxygen atoms in total. The van der Waals surface area contributed by atoms with Gasteiger partial charge in [-0.25, -0.2) is 9.97 Å². The highest BCUT2D eigenvalue weighted by atomic mass is 16.5. The van der Waals surface area contributed by atoms with Crippen molar-refractivity contribution in [3.63, 3.8) is 0 Å². The summed E-state index contributed by atoms with van der Waals surface area (Å²) in [6.07, 6.45) is 3.29. The predicted octanol–water partition coefficient (Wildman–Crippen LogP) is 1.26. The third-order valence-corrected chi connectivity index (χ3v) is 1.82. The van der Waals surface area contributed by atoms with Crippen LogP contribution in [0, 0.1) is 11.3 Å². The average molecular weight is 217 g/mol. The first-order valence-corrected chi connectivity index (χ1v) is 4.74. The van der Waals surface area contributed by atoms with Crippen molar-refractivity contribution in [2.45, 2.75) is 12.8 Å². The van der Waals surface area contributed by atoms with Gasteiger partial charge in [0, 0.05) is 6.07 Å². The summed E-state index contributed by atoms with van der Waals surface area (Å²) in [4.78, 5) is 17.8. The molecule has 0 aliphatic heterocycles. The van der Waals surface area contributed by atoms with Crippen LogP contribution in [-0.4, -0.2) is 22.9 Å². The molecule has 1 rings (SSSR count). The number of ether oxygens (including phenoxy) is 1. The number of hydrogen-bond acceptors (Lipinski definition) is 5. The molecule has 0 atom stereocenters. The first-order chi connectivity index (χ1) is 7.76. The second-order valence-corrected chi connectivity index (χ2v) is 3.08. The molecule has 0 aliphatic rings. The lowest BCUT2D eigenvalue weighted by Gasteiger charge is -2.03. The molecule has 16 heavy (non-hydrogen) atoms. The monoisotopic (exact) mass is 217 g/mol. The molecule has 0 unspecified atom stereocenters. The van der Waals surface area contributed by atoms with Crippen LogP contribution in [-0.2, 0) is 4.79 Å². The van der Waals surface area contributed by atoms with Gasteiger partial charge in [0.25, 0.3) is 0 Å². The summed E-state index contributed by atoms with van der Waals surface area (Å²) < 4.78 is 5.28. The summed E-state index contributed by atoms with van der Waals surface area (Å²) in [6, 6.07) is 3.36. The summed E-state index contributed by atoms with van der Waals surface area (Å²) in [5.41, 5.74) is 0.811. The highest BCUT2D eigenvalue weighted by Crippen LogP contribution is 2.07. The van der Waals surface area contributed by atoms with Crippen LogP contribution in [0.15, 0.2) is 24.5 Å². The maximum Gasteiger partial charge on any atom is 0.217 e. The van der Waals surface area contributed by atoms with Crippen LogP contribution in [0.2, 0.25) is 0 Å². The Morgan fingerprint density at radius 3 is 3.12 bits per heavy atom. The summed E-state index contributed by atoms with van der Waals surface area (Å²) in [6.45, 7) is 3.98. The van der Waals surface area contributed by atoms with Crippen LogP contribution in [0.5, 0.6) is 5.88 Å². The van der Waals surface area contributed by atoms with Gasteiger partial charge in [-0.05, 0) is 18.4 Å². The minimum atomic E-state index is 0.266. The summed E-state index contributed by atoms with van der Waals surface area (Å²) in [5.74, 6) is 0.364. The third kappa shape index (κ3) is 3.88. The molecule has 0 aromatic carbocycles. The molecule has 5 heteroatoms. The Hall–Kier alpha value is -2.22. The molecule has 0 spiro atoms. The Bertz CT molecular complexity index is 423. The average Bonchev–Trinajstić information content (AvgIpc) is 2.34. The summed E-state index contributed by atoms with van der Waals surface area (Å²) in [5, 5.41) is 8.59. The third-order valence-electron chi connectivity index (χ3n) is 1.82. The van der Waals surface area contributed by atoms with E-state index in [4.69, 9.17) is 10.00 Å². The van der Waals surface area contributed by atoms with Crippen molar-refractivity contribution in [2.24, 2.45) is 0 Å². The Morgan fingerprint density at radius 2 is 2.44 bits per heavy atom. The second-order valence-electron chi connectivity index (χ2n) is 3.08. The van der Waals surface area contributed by atoms with E-state index in [2.05, 4.69) is 16.5 Å². The molecular formula is C11H11N3O2. The van der Waals surface area contributed by atoms with Crippen molar-refractivity contribution < 1.29 is 9.53 Å². The van der Waals surface area contributed by atoms with Gasteiger partial charge in [-0.3, -0.25) is 4.79 Å². The number of aldehydes is 1. The first-order valence-electron chi connectivity index (χ1n) is 4.74. The lowest BCUT2D eigenvalue weighted by Crippen LogP contribution is -2.00. The predicted molar refractivity (Wildman–Crippen MR) is 56.7 cm³/mol. The number of allylic oxidation sites excluding steroid dienone is 1. The molecule has 0 saturated heterocycles. The number of rotatable bonds is 6. The first kappa shape index (κ1) is 11.9. The number of nitrogens with zero attached hydrogens (tertiary/aromatic N) is 3. The molecular weight excluding hydrogens is 206 g/mol. The molecule has 0 amide bonds. The quantitative estimate of drug-likeness (QED) is 0.407. The van der Waals surface area contributed by atoms with E-state index in [0.29, 0.717) is 30.9 Å². The number of aromatic nitrogens is 2. The number of nitriles is 1. The highest BCUT2D eigenvalue weighted by molar-refractivity contribution is 5.71. The van der Waals surface area contributed by atoms with E-state index < -0.39 is 0 Å². The lowest BCUT2D eigenvalue weighted by molar-refractivity contribution is -0.105. The van der Waals surface area contributed by atoms with Crippen LogP contribution in [0.3, 0.4) is 0 Å². The standard InChI is InChI=1S/C11H11N3O2/c1-9(7-15)3-2-4-16-11-5-10(6-12)13-8-14-11/h5,7-8H,1-4H2. The van der Waals surface area contributed by atoms with Gasteiger partial charge in [0.15, 0.2) is 0 Å². The van der Waals surface area contributed by atoms with Crippen LogP contribution in [0.1, 0.15) is 18.5 Å². The van der Waals surface area contributed by atoms with Gasteiger partial charge >= 0.3 is 0 Å². The minimum absolute atomic E-state index is 0.266. The second kappa shape index (κ2) is 6.30. The van der Waals surface area contributed by atoms with E-state index in [0.717, 1.165) is 6.29 Å². The lowest BCUT2D eigenvalue weighted by atomic mass is 10.2. The Labute approximate surface area is 93.4 Å². The van der Waals surface area contributed by atoms with E-state index in [1.807, 2.05) is 6.07 Å². The number of hydrogen-bond donors (Lipinski definition) is 0. The minimum Gasteiger partial charge on any atom is -0.478 e. The van der Waals surface area contributed by atoms with Crippen molar-refractivity contribution in [1.29, 1.82) is 5.26 Å². The van der Waals surface area contributed by atoms with Gasteiger partial charge < -0.3 is 4.74 Å². The molecule has 0 bridgehead atoms. The van der Waals surface area contributed by atoms with Crippen LogP contribution < -0.4 is 4.74 Å². The number of carbonyl (C=O) groups is 1. The molecule has 0 N–H and O–H groups in total. The van der Waals surface area contributed by atoms with Crippen LogP contribution in [0.4, 0.5) is 0 Å².